The van der Waals surface area contributed by atoms with Crippen LogP contribution in [0.5, 0.6) is 0 Å². The summed E-state index contributed by atoms with van der Waals surface area (Å²) in [5, 5.41) is 8.99. The Kier molecular flexibility index (Phi) is 2.03. The molecule has 0 aromatic heterocycles. The minimum atomic E-state index is -0.369. The number of hydrogen-bond donors (Lipinski definition) is 0. The van der Waals surface area contributed by atoms with Crippen molar-refractivity contribution in [3.05, 3.63) is 35.1 Å². The van der Waals surface area contributed by atoms with Gasteiger partial charge in [0.2, 0.25) is 0 Å². The third kappa shape index (κ3) is 1.39. The van der Waals surface area contributed by atoms with Gasteiger partial charge in [-0.25, -0.2) is 4.39 Å². The zero-order chi connectivity index (χ0) is 10.2. The second-order valence-electron chi connectivity index (χ2n) is 3.90. The molecule has 1 aliphatic rings. The smallest absolute Gasteiger partial charge is 0.123 e. The number of aryl methyl sites for hydroxylation is 1. The van der Waals surface area contributed by atoms with Crippen molar-refractivity contribution in [2.24, 2.45) is 0 Å². The van der Waals surface area contributed by atoms with E-state index in [2.05, 4.69) is 6.07 Å². The van der Waals surface area contributed by atoms with E-state index in [-0.39, 0.29) is 11.2 Å². The summed E-state index contributed by atoms with van der Waals surface area (Å²) in [6, 6.07) is 7.27. The number of halogens is 1. The number of rotatable bonds is 2. The van der Waals surface area contributed by atoms with Gasteiger partial charge in [0.05, 0.1) is 11.5 Å². The van der Waals surface area contributed by atoms with Gasteiger partial charge in [-0.1, -0.05) is 13.0 Å². The summed E-state index contributed by atoms with van der Waals surface area (Å²) < 4.78 is 13.2. The molecule has 0 N–H and O–H groups in total. The van der Waals surface area contributed by atoms with Crippen molar-refractivity contribution in [3.63, 3.8) is 0 Å². The topological polar surface area (TPSA) is 23.8 Å². The standard InChI is InChI=1S/C12H12FN/c1-2-9-5-10(7-11(13)6-9)12(8-14)3-4-12/h5-7H,2-4H2,1H3. The molecule has 0 bridgehead atoms. The Hall–Kier alpha value is -1.36. The van der Waals surface area contributed by atoms with E-state index in [9.17, 15) is 4.39 Å². The van der Waals surface area contributed by atoms with Crippen molar-refractivity contribution in [1.82, 2.24) is 0 Å². The Morgan fingerprint density at radius 1 is 1.43 bits per heavy atom. The van der Waals surface area contributed by atoms with Crippen LogP contribution in [-0.2, 0) is 11.8 Å². The average Bonchev–Trinajstić information content (AvgIpc) is 2.97. The van der Waals surface area contributed by atoms with E-state index in [1.54, 1.807) is 0 Å². The lowest BCUT2D eigenvalue weighted by atomic mass is 9.95. The van der Waals surface area contributed by atoms with Crippen molar-refractivity contribution >= 4 is 0 Å². The van der Waals surface area contributed by atoms with Gasteiger partial charge in [0.25, 0.3) is 0 Å². The molecule has 72 valence electrons. The minimum Gasteiger partial charge on any atom is -0.207 e. The summed E-state index contributed by atoms with van der Waals surface area (Å²) in [5.41, 5.74) is 1.46. The molecule has 0 heterocycles. The van der Waals surface area contributed by atoms with Crippen LogP contribution in [0.3, 0.4) is 0 Å². The molecule has 2 rings (SSSR count). The first-order valence-electron chi connectivity index (χ1n) is 4.91. The van der Waals surface area contributed by atoms with E-state index < -0.39 is 0 Å². The number of hydrogen-bond acceptors (Lipinski definition) is 1. The molecule has 0 saturated heterocycles. The van der Waals surface area contributed by atoms with Crippen molar-refractivity contribution in [1.29, 1.82) is 5.26 Å². The summed E-state index contributed by atoms with van der Waals surface area (Å²) in [6.45, 7) is 1.99. The lowest BCUT2D eigenvalue weighted by Crippen LogP contribution is -2.04. The average molecular weight is 189 g/mol. The van der Waals surface area contributed by atoms with Crippen molar-refractivity contribution in [2.45, 2.75) is 31.6 Å². The monoisotopic (exact) mass is 189 g/mol. The molecule has 0 spiro atoms. The number of benzene rings is 1. The first-order chi connectivity index (χ1) is 6.70. The largest absolute Gasteiger partial charge is 0.207 e. The van der Waals surface area contributed by atoms with Gasteiger partial charge >= 0.3 is 0 Å². The zero-order valence-corrected chi connectivity index (χ0v) is 8.18. The van der Waals surface area contributed by atoms with Crippen LogP contribution < -0.4 is 0 Å². The molecular weight excluding hydrogens is 177 g/mol. The highest BCUT2D eigenvalue weighted by atomic mass is 19.1. The molecule has 1 aromatic rings. The molecule has 1 saturated carbocycles. The summed E-state index contributed by atoms with van der Waals surface area (Å²) >= 11 is 0. The lowest BCUT2D eigenvalue weighted by molar-refractivity contribution is 0.621. The zero-order valence-electron chi connectivity index (χ0n) is 8.18. The molecule has 2 heteroatoms. The van der Waals surface area contributed by atoms with E-state index in [1.807, 2.05) is 13.0 Å². The lowest BCUT2D eigenvalue weighted by Gasteiger charge is -2.08. The van der Waals surface area contributed by atoms with E-state index in [4.69, 9.17) is 5.26 Å². The van der Waals surface area contributed by atoms with Gasteiger partial charge in [0.15, 0.2) is 0 Å². The fourth-order valence-electron chi connectivity index (χ4n) is 1.72. The quantitative estimate of drug-likeness (QED) is 0.701. The van der Waals surface area contributed by atoms with Crippen molar-refractivity contribution in [2.75, 3.05) is 0 Å². The summed E-state index contributed by atoms with van der Waals surface area (Å²) in [7, 11) is 0. The van der Waals surface area contributed by atoms with Gasteiger partial charge in [-0.3, -0.25) is 0 Å². The molecule has 14 heavy (non-hydrogen) atoms. The molecule has 0 unspecified atom stereocenters. The first-order valence-corrected chi connectivity index (χ1v) is 4.91. The second-order valence-corrected chi connectivity index (χ2v) is 3.90. The Morgan fingerprint density at radius 2 is 2.14 bits per heavy atom. The van der Waals surface area contributed by atoms with Crippen LogP contribution in [0.25, 0.3) is 0 Å². The maximum absolute atomic E-state index is 13.2. The molecule has 1 nitrogen and oxygen atoms in total. The Balaban J connectivity index is 2.45. The van der Waals surface area contributed by atoms with Crippen molar-refractivity contribution in [3.8, 4) is 6.07 Å². The highest BCUT2D eigenvalue weighted by Gasteiger charge is 2.45. The van der Waals surface area contributed by atoms with Crippen LogP contribution in [0.2, 0.25) is 0 Å². The summed E-state index contributed by atoms with van der Waals surface area (Å²) in [6.07, 6.45) is 2.55. The van der Waals surface area contributed by atoms with E-state index in [1.165, 1.54) is 12.1 Å². The van der Waals surface area contributed by atoms with Gasteiger partial charge in [0.1, 0.15) is 5.82 Å². The molecule has 0 aliphatic heterocycles. The summed E-state index contributed by atoms with van der Waals surface area (Å²) in [5.74, 6) is -0.221. The maximum atomic E-state index is 13.2. The van der Waals surface area contributed by atoms with E-state index in [0.717, 1.165) is 30.4 Å². The molecule has 0 amide bonds. The van der Waals surface area contributed by atoms with Crippen LogP contribution in [0.4, 0.5) is 4.39 Å². The molecular formula is C12H12FN. The molecule has 1 aromatic carbocycles. The predicted molar refractivity (Wildman–Crippen MR) is 52.3 cm³/mol. The van der Waals surface area contributed by atoms with Crippen LogP contribution >= 0.6 is 0 Å². The highest BCUT2D eigenvalue weighted by molar-refractivity contribution is 5.41. The SMILES string of the molecule is CCc1cc(F)cc(C2(C#N)CC2)c1. The van der Waals surface area contributed by atoms with Crippen LogP contribution in [-0.4, -0.2) is 0 Å². The van der Waals surface area contributed by atoms with Crippen molar-refractivity contribution < 1.29 is 4.39 Å². The fraction of sp³-hybridized carbons (Fsp3) is 0.417. The third-order valence-corrected chi connectivity index (χ3v) is 2.88. The highest BCUT2D eigenvalue weighted by Crippen LogP contribution is 2.47. The Bertz CT molecular complexity index is 399. The van der Waals surface area contributed by atoms with Gasteiger partial charge in [0, 0.05) is 0 Å². The number of nitriles is 1. The molecule has 1 aliphatic carbocycles. The normalized spacial score (nSPS) is 17.5. The second kappa shape index (κ2) is 3.09. The van der Waals surface area contributed by atoms with Gasteiger partial charge in [-0.2, -0.15) is 5.26 Å². The molecule has 0 radical (unpaired) electrons. The first kappa shape index (κ1) is 9.21. The minimum absolute atomic E-state index is 0.221. The van der Waals surface area contributed by atoms with Gasteiger partial charge in [-0.15, -0.1) is 0 Å². The fourth-order valence-corrected chi connectivity index (χ4v) is 1.72. The Labute approximate surface area is 83.2 Å². The van der Waals surface area contributed by atoms with E-state index >= 15 is 0 Å². The van der Waals surface area contributed by atoms with Crippen LogP contribution in [0.1, 0.15) is 30.9 Å². The van der Waals surface area contributed by atoms with Crippen LogP contribution in [0.15, 0.2) is 18.2 Å². The van der Waals surface area contributed by atoms with Crippen LogP contribution in [0, 0.1) is 17.1 Å². The Morgan fingerprint density at radius 3 is 2.64 bits per heavy atom. The number of nitrogens with zero attached hydrogens (tertiary/aromatic N) is 1. The van der Waals surface area contributed by atoms with Gasteiger partial charge in [-0.05, 0) is 42.5 Å². The summed E-state index contributed by atoms with van der Waals surface area (Å²) in [4.78, 5) is 0. The molecule has 1 fully saturated rings. The van der Waals surface area contributed by atoms with E-state index in [0.29, 0.717) is 0 Å². The molecule has 0 atom stereocenters. The maximum Gasteiger partial charge on any atom is 0.123 e. The van der Waals surface area contributed by atoms with Gasteiger partial charge < -0.3 is 0 Å². The third-order valence-electron chi connectivity index (χ3n) is 2.88. The predicted octanol–water partition coefficient (Wildman–Crippen LogP) is 2.94.